The van der Waals surface area contributed by atoms with Crippen LogP contribution < -0.4 is 5.73 Å². The van der Waals surface area contributed by atoms with Crippen LogP contribution in [-0.2, 0) is 9.53 Å². The number of carbonyl (C=O) groups is 1. The van der Waals surface area contributed by atoms with Crippen LogP contribution >= 0.6 is 12.2 Å². The summed E-state index contributed by atoms with van der Waals surface area (Å²) in [4.78, 5) is 15.0. The molecular formula is C15H28N2O2S. The van der Waals surface area contributed by atoms with E-state index in [-0.39, 0.29) is 11.8 Å². The summed E-state index contributed by atoms with van der Waals surface area (Å²) in [6.45, 7) is 1.82. The molecule has 1 rings (SSSR count). The van der Waals surface area contributed by atoms with Gasteiger partial charge in [-0.1, -0.05) is 44.3 Å². The minimum atomic E-state index is 0.179. The van der Waals surface area contributed by atoms with Crippen LogP contribution in [0.4, 0.5) is 0 Å². The van der Waals surface area contributed by atoms with Crippen LogP contribution in [0.1, 0.15) is 51.4 Å². The molecule has 2 N–H and O–H groups in total. The Morgan fingerprint density at radius 2 is 1.80 bits per heavy atom. The first-order chi connectivity index (χ1) is 9.65. The van der Waals surface area contributed by atoms with Gasteiger partial charge in [0.05, 0.1) is 11.6 Å². The number of rotatable bonds is 7. The van der Waals surface area contributed by atoms with Gasteiger partial charge in [0.2, 0.25) is 5.91 Å². The highest BCUT2D eigenvalue weighted by atomic mass is 32.1. The number of carbonyl (C=O) groups excluding carboxylic acids is 1. The molecule has 0 atom stereocenters. The first-order valence-corrected chi connectivity index (χ1v) is 8.12. The Balaban J connectivity index is 2.55. The number of nitrogens with zero attached hydrogens (tertiary/aromatic N) is 1. The molecule has 1 saturated carbocycles. The van der Waals surface area contributed by atoms with Gasteiger partial charge in [-0.2, -0.15) is 0 Å². The molecule has 1 amide bonds. The molecule has 0 unspecified atom stereocenters. The van der Waals surface area contributed by atoms with Gasteiger partial charge < -0.3 is 15.4 Å². The second-order valence-electron chi connectivity index (χ2n) is 5.58. The lowest BCUT2D eigenvalue weighted by atomic mass is 9.90. The Kier molecular flexibility index (Phi) is 8.78. The van der Waals surface area contributed by atoms with Crippen molar-refractivity contribution >= 4 is 23.1 Å². The highest BCUT2D eigenvalue weighted by Gasteiger charge is 2.24. The van der Waals surface area contributed by atoms with Crippen molar-refractivity contribution < 1.29 is 9.53 Å². The zero-order valence-electron chi connectivity index (χ0n) is 12.6. The maximum absolute atomic E-state index is 12.7. The third-order valence-electron chi connectivity index (χ3n) is 3.96. The number of thiocarbonyl (C=S) groups is 1. The molecule has 0 spiro atoms. The molecule has 5 heteroatoms. The predicted molar refractivity (Wildman–Crippen MR) is 85.7 cm³/mol. The molecule has 1 aliphatic carbocycles. The Hall–Kier alpha value is -0.680. The van der Waals surface area contributed by atoms with Crippen molar-refractivity contribution in [1.29, 1.82) is 0 Å². The minimum absolute atomic E-state index is 0.179. The molecule has 0 aromatic carbocycles. The third kappa shape index (κ3) is 6.66. The number of methoxy groups -OCH3 is 1. The van der Waals surface area contributed by atoms with Gasteiger partial charge in [-0.15, -0.1) is 0 Å². The fourth-order valence-corrected chi connectivity index (χ4v) is 2.83. The quantitative estimate of drug-likeness (QED) is 0.734. The van der Waals surface area contributed by atoms with E-state index in [9.17, 15) is 4.79 Å². The first kappa shape index (κ1) is 17.4. The Morgan fingerprint density at radius 3 is 2.35 bits per heavy atom. The molecule has 1 fully saturated rings. The highest BCUT2D eigenvalue weighted by molar-refractivity contribution is 7.80. The summed E-state index contributed by atoms with van der Waals surface area (Å²) in [5.41, 5.74) is 5.56. The predicted octanol–water partition coefficient (Wildman–Crippen LogP) is 2.50. The van der Waals surface area contributed by atoms with Gasteiger partial charge in [-0.25, -0.2) is 0 Å². The van der Waals surface area contributed by atoms with Crippen LogP contribution in [0.15, 0.2) is 0 Å². The summed E-state index contributed by atoms with van der Waals surface area (Å²) in [5.74, 6) is 0.443. The number of amides is 1. The summed E-state index contributed by atoms with van der Waals surface area (Å²) in [5, 5.41) is 0. The molecule has 1 aliphatic rings. The zero-order chi connectivity index (χ0) is 14.8. The fourth-order valence-electron chi connectivity index (χ4n) is 2.74. The second-order valence-corrected chi connectivity index (χ2v) is 6.10. The number of nitrogens with two attached hydrogens (primary N) is 1. The third-order valence-corrected chi connectivity index (χ3v) is 4.16. The molecule has 20 heavy (non-hydrogen) atoms. The Morgan fingerprint density at radius 1 is 1.20 bits per heavy atom. The monoisotopic (exact) mass is 300 g/mol. The lowest BCUT2D eigenvalue weighted by Gasteiger charge is -2.28. The smallest absolute Gasteiger partial charge is 0.225 e. The van der Waals surface area contributed by atoms with Gasteiger partial charge in [0.25, 0.3) is 0 Å². The maximum Gasteiger partial charge on any atom is 0.225 e. The molecule has 0 saturated heterocycles. The number of hydrogen-bond donors (Lipinski definition) is 1. The van der Waals surface area contributed by atoms with Crippen molar-refractivity contribution in [1.82, 2.24) is 4.90 Å². The summed E-state index contributed by atoms with van der Waals surface area (Å²) < 4.78 is 5.10. The summed E-state index contributed by atoms with van der Waals surface area (Å²) in [6.07, 6.45) is 8.81. The number of hydrogen-bond acceptors (Lipinski definition) is 3. The molecular weight excluding hydrogens is 272 g/mol. The normalized spacial score (nSPS) is 17.2. The molecule has 0 aromatic rings. The van der Waals surface area contributed by atoms with E-state index in [2.05, 4.69) is 0 Å². The molecule has 116 valence electrons. The van der Waals surface area contributed by atoms with Crippen molar-refractivity contribution in [2.24, 2.45) is 11.7 Å². The molecule has 0 heterocycles. The molecule has 0 aliphatic heterocycles. The van der Waals surface area contributed by atoms with Crippen LogP contribution in [0.5, 0.6) is 0 Å². The van der Waals surface area contributed by atoms with Gasteiger partial charge in [0.1, 0.15) is 0 Å². The molecule has 0 radical (unpaired) electrons. The van der Waals surface area contributed by atoms with Crippen molar-refractivity contribution in [3.63, 3.8) is 0 Å². The molecule has 0 bridgehead atoms. The first-order valence-electron chi connectivity index (χ1n) is 7.71. The SMILES string of the molecule is COCCN(CCC(N)=S)C(=O)C1CCCCCCC1. The summed E-state index contributed by atoms with van der Waals surface area (Å²) in [6, 6.07) is 0. The van der Waals surface area contributed by atoms with Crippen molar-refractivity contribution in [2.75, 3.05) is 26.8 Å². The van der Waals surface area contributed by atoms with Crippen molar-refractivity contribution in [2.45, 2.75) is 51.4 Å². The average Bonchev–Trinajstić information content (AvgIpc) is 2.37. The van der Waals surface area contributed by atoms with E-state index in [4.69, 9.17) is 22.7 Å². The standard InChI is InChI=1S/C15H28N2O2S/c1-19-12-11-17(10-9-14(16)20)15(18)13-7-5-3-2-4-6-8-13/h13H,2-12H2,1H3,(H2,16,20). The largest absolute Gasteiger partial charge is 0.393 e. The zero-order valence-corrected chi connectivity index (χ0v) is 13.4. The number of ether oxygens (including phenoxy) is 1. The van der Waals surface area contributed by atoms with Crippen LogP contribution in [0.25, 0.3) is 0 Å². The van der Waals surface area contributed by atoms with E-state index in [1.54, 1.807) is 7.11 Å². The summed E-state index contributed by atoms with van der Waals surface area (Å²) >= 11 is 4.92. The van der Waals surface area contributed by atoms with E-state index >= 15 is 0 Å². The Bertz CT molecular complexity index is 302. The second kappa shape index (κ2) is 10.1. The van der Waals surface area contributed by atoms with Crippen LogP contribution in [0.3, 0.4) is 0 Å². The lowest BCUT2D eigenvalue weighted by Crippen LogP contribution is -2.40. The van der Waals surface area contributed by atoms with E-state index in [0.29, 0.717) is 31.1 Å². The van der Waals surface area contributed by atoms with E-state index in [1.807, 2.05) is 4.90 Å². The van der Waals surface area contributed by atoms with Crippen molar-refractivity contribution in [3.8, 4) is 0 Å². The van der Waals surface area contributed by atoms with E-state index in [1.165, 1.54) is 32.1 Å². The van der Waals surface area contributed by atoms with Crippen LogP contribution in [0, 0.1) is 5.92 Å². The minimum Gasteiger partial charge on any atom is -0.393 e. The average molecular weight is 300 g/mol. The maximum atomic E-state index is 12.7. The van der Waals surface area contributed by atoms with Gasteiger partial charge in [-0.05, 0) is 12.8 Å². The van der Waals surface area contributed by atoms with Gasteiger partial charge in [-0.3, -0.25) is 4.79 Å². The van der Waals surface area contributed by atoms with E-state index < -0.39 is 0 Å². The molecule has 4 nitrogen and oxygen atoms in total. The van der Waals surface area contributed by atoms with Crippen LogP contribution in [-0.4, -0.2) is 42.6 Å². The van der Waals surface area contributed by atoms with Gasteiger partial charge >= 0.3 is 0 Å². The van der Waals surface area contributed by atoms with E-state index in [0.717, 1.165) is 12.8 Å². The lowest BCUT2D eigenvalue weighted by molar-refractivity contribution is -0.136. The fraction of sp³-hybridized carbons (Fsp3) is 0.867. The highest BCUT2D eigenvalue weighted by Crippen LogP contribution is 2.24. The molecule has 0 aromatic heterocycles. The van der Waals surface area contributed by atoms with Gasteiger partial charge in [0.15, 0.2) is 0 Å². The Labute approximate surface area is 128 Å². The van der Waals surface area contributed by atoms with Gasteiger partial charge in [0, 0.05) is 32.5 Å². The topological polar surface area (TPSA) is 55.6 Å². The summed E-state index contributed by atoms with van der Waals surface area (Å²) in [7, 11) is 1.66. The van der Waals surface area contributed by atoms with Crippen LogP contribution in [0.2, 0.25) is 0 Å². The van der Waals surface area contributed by atoms with Crippen molar-refractivity contribution in [3.05, 3.63) is 0 Å².